The average Bonchev–Trinajstić information content (AvgIpc) is 3.06. The molecule has 20 heavy (non-hydrogen) atoms. The highest BCUT2D eigenvalue weighted by Gasteiger charge is 2.45. The number of rotatable bonds is 5. The molecule has 1 aromatic carbocycles. The topological polar surface area (TPSA) is 61.8 Å². The van der Waals surface area contributed by atoms with Crippen LogP contribution in [0.1, 0.15) is 37.2 Å². The van der Waals surface area contributed by atoms with Crippen LogP contribution in [0.2, 0.25) is 0 Å². The summed E-state index contributed by atoms with van der Waals surface area (Å²) >= 11 is 0. The minimum atomic E-state index is 0.280. The Morgan fingerprint density at radius 2 is 2.10 bits per heavy atom. The lowest BCUT2D eigenvalue weighted by atomic mass is 9.98. The molecule has 1 aliphatic heterocycles. The summed E-state index contributed by atoms with van der Waals surface area (Å²) in [6, 6.07) is 10.8. The van der Waals surface area contributed by atoms with Gasteiger partial charge in [0.2, 0.25) is 0 Å². The molecular formula is C16H23N3O. The van der Waals surface area contributed by atoms with Crippen molar-refractivity contribution in [1.29, 1.82) is 0 Å². The molecule has 2 aliphatic rings. The third-order valence-electron chi connectivity index (χ3n) is 4.74. The third-order valence-corrected chi connectivity index (χ3v) is 4.74. The zero-order valence-electron chi connectivity index (χ0n) is 11.8. The molecule has 0 amide bonds. The summed E-state index contributed by atoms with van der Waals surface area (Å²) in [6.07, 6.45) is 4.38. The van der Waals surface area contributed by atoms with E-state index in [0.29, 0.717) is 11.8 Å². The molecule has 3 rings (SSSR count). The van der Waals surface area contributed by atoms with Crippen LogP contribution in [0, 0.1) is 5.41 Å². The van der Waals surface area contributed by atoms with Gasteiger partial charge in [-0.25, -0.2) is 0 Å². The van der Waals surface area contributed by atoms with Gasteiger partial charge < -0.3 is 15.8 Å². The predicted molar refractivity (Wildman–Crippen MR) is 79.9 cm³/mol. The van der Waals surface area contributed by atoms with E-state index >= 15 is 0 Å². The molecule has 1 saturated heterocycles. The lowest BCUT2D eigenvalue weighted by Crippen LogP contribution is -2.31. The Hall–Kier alpha value is -1.55. The Morgan fingerprint density at radius 1 is 1.35 bits per heavy atom. The fraction of sp³-hybridized carbons (Fsp3) is 0.562. The van der Waals surface area contributed by atoms with Crippen molar-refractivity contribution in [3.8, 4) is 0 Å². The summed E-state index contributed by atoms with van der Waals surface area (Å²) in [5.41, 5.74) is 7.41. The monoisotopic (exact) mass is 273 g/mol. The van der Waals surface area contributed by atoms with E-state index < -0.39 is 0 Å². The minimum Gasteiger partial charge on any atom is -0.409 e. The molecule has 4 heteroatoms. The molecule has 1 atom stereocenters. The summed E-state index contributed by atoms with van der Waals surface area (Å²) in [7, 11) is 0. The van der Waals surface area contributed by atoms with Crippen LogP contribution in [0.4, 0.5) is 0 Å². The van der Waals surface area contributed by atoms with Gasteiger partial charge in [0.15, 0.2) is 0 Å². The number of nitrogens with zero attached hydrogens (tertiary/aromatic N) is 2. The Balaban J connectivity index is 1.56. The second-order valence-corrected chi connectivity index (χ2v) is 6.40. The highest BCUT2D eigenvalue weighted by Crippen LogP contribution is 2.50. The summed E-state index contributed by atoms with van der Waals surface area (Å²) in [6.45, 7) is 3.39. The largest absolute Gasteiger partial charge is 0.409 e. The Kier molecular flexibility index (Phi) is 3.66. The first-order valence-corrected chi connectivity index (χ1v) is 7.44. The quantitative estimate of drug-likeness (QED) is 0.375. The second kappa shape index (κ2) is 5.44. The van der Waals surface area contributed by atoms with Crippen molar-refractivity contribution in [3.05, 3.63) is 35.9 Å². The molecule has 2 fully saturated rings. The number of hydrogen-bond donors (Lipinski definition) is 2. The van der Waals surface area contributed by atoms with Crippen molar-refractivity contribution < 1.29 is 5.21 Å². The number of oxime groups is 1. The van der Waals surface area contributed by atoms with Crippen molar-refractivity contribution in [1.82, 2.24) is 4.90 Å². The van der Waals surface area contributed by atoms with Crippen LogP contribution in [-0.4, -0.2) is 35.6 Å². The van der Waals surface area contributed by atoms with Crippen LogP contribution < -0.4 is 5.73 Å². The number of likely N-dealkylation sites (tertiary alicyclic amines) is 1. The smallest absolute Gasteiger partial charge is 0.139 e. The average molecular weight is 273 g/mol. The van der Waals surface area contributed by atoms with Gasteiger partial charge in [-0.15, -0.1) is 0 Å². The maximum absolute atomic E-state index is 8.73. The fourth-order valence-corrected chi connectivity index (χ4v) is 3.44. The first-order valence-electron chi connectivity index (χ1n) is 7.44. The first-order chi connectivity index (χ1) is 9.71. The molecule has 0 bridgehead atoms. The SMILES string of the molecule is NC(CC1(CN2CCC(c3ccccc3)C2)CC1)=NO. The van der Waals surface area contributed by atoms with E-state index in [1.165, 1.54) is 24.8 Å². The van der Waals surface area contributed by atoms with Gasteiger partial charge in [0.05, 0.1) is 0 Å². The van der Waals surface area contributed by atoms with Gasteiger partial charge >= 0.3 is 0 Å². The van der Waals surface area contributed by atoms with Crippen LogP contribution in [-0.2, 0) is 0 Å². The van der Waals surface area contributed by atoms with Gasteiger partial charge in [0, 0.05) is 19.5 Å². The van der Waals surface area contributed by atoms with Crippen LogP contribution in [0.5, 0.6) is 0 Å². The normalized spacial score (nSPS) is 25.8. The Bertz CT molecular complexity index is 482. The van der Waals surface area contributed by atoms with E-state index in [-0.39, 0.29) is 5.41 Å². The third kappa shape index (κ3) is 2.96. The molecule has 0 radical (unpaired) electrons. The van der Waals surface area contributed by atoms with Gasteiger partial charge in [0.25, 0.3) is 0 Å². The molecule has 3 N–H and O–H groups in total. The Morgan fingerprint density at radius 3 is 2.75 bits per heavy atom. The highest BCUT2D eigenvalue weighted by molar-refractivity contribution is 5.80. The predicted octanol–water partition coefficient (Wildman–Crippen LogP) is 2.39. The standard InChI is InChI=1S/C16H23N3O/c17-15(18-20)10-16(7-8-16)12-19-9-6-14(11-19)13-4-2-1-3-5-13/h1-5,14,20H,6-12H2,(H2,17,18). The summed E-state index contributed by atoms with van der Waals surface area (Å²) in [4.78, 5) is 2.55. The van der Waals surface area contributed by atoms with Crippen LogP contribution in [0.15, 0.2) is 35.5 Å². The molecule has 1 aliphatic carbocycles. The number of hydrogen-bond acceptors (Lipinski definition) is 3. The molecule has 0 spiro atoms. The van der Waals surface area contributed by atoms with E-state index in [2.05, 4.69) is 40.4 Å². The van der Waals surface area contributed by atoms with Gasteiger partial charge in [-0.05, 0) is 42.7 Å². The molecule has 4 nitrogen and oxygen atoms in total. The van der Waals surface area contributed by atoms with Crippen molar-refractivity contribution in [2.24, 2.45) is 16.3 Å². The minimum absolute atomic E-state index is 0.280. The Labute approximate surface area is 120 Å². The maximum Gasteiger partial charge on any atom is 0.139 e. The molecule has 108 valence electrons. The van der Waals surface area contributed by atoms with E-state index in [1.807, 2.05) is 0 Å². The van der Waals surface area contributed by atoms with Gasteiger partial charge in [-0.2, -0.15) is 0 Å². The first kappa shape index (κ1) is 13.4. The van der Waals surface area contributed by atoms with Gasteiger partial charge in [-0.3, -0.25) is 0 Å². The molecule has 0 aromatic heterocycles. The second-order valence-electron chi connectivity index (χ2n) is 6.40. The molecular weight excluding hydrogens is 250 g/mol. The number of amidine groups is 1. The maximum atomic E-state index is 8.73. The van der Waals surface area contributed by atoms with E-state index in [4.69, 9.17) is 10.9 Å². The van der Waals surface area contributed by atoms with Gasteiger partial charge in [0.1, 0.15) is 5.84 Å². The van der Waals surface area contributed by atoms with Crippen LogP contribution in [0.3, 0.4) is 0 Å². The van der Waals surface area contributed by atoms with Gasteiger partial charge in [-0.1, -0.05) is 35.5 Å². The van der Waals surface area contributed by atoms with Crippen LogP contribution >= 0.6 is 0 Å². The summed E-state index contributed by atoms with van der Waals surface area (Å²) in [5.74, 6) is 1.04. The number of nitrogens with two attached hydrogens (primary N) is 1. The summed E-state index contributed by atoms with van der Waals surface area (Å²) in [5, 5.41) is 11.9. The van der Waals surface area contributed by atoms with Crippen molar-refractivity contribution in [2.75, 3.05) is 19.6 Å². The zero-order valence-corrected chi connectivity index (χ0v) is 11.8. The lowest BCUT2D eigenvalue weighted by Gasteiger charge is -2.23. The lowest BCUT2D eigenvalue weighted by molar-refractivity contribution is 0.261. The molecule has 1 heterocycles. The number of benzene rings is 1. The molecule has 1 saturated carbocycles. The zero-order chi connectivity index (χ0) is 14.0. The van der Waals surface area contributed by atoms with Crippen molar-refractivity contribution >= 4 is 5.84 Å². The highest BCUT2D eigenvalue weighted by atomic mass is 16.4. The fourth-order valence-electron chi connectivity index (χ4n) is 3.44. The molecule has 1 unspecified atom stereocenters. The summed E-state index contributed by atoms with van der Waals surface area (Å²) < 4.78 is 0. The molecule has 1 aromatic rings. The van der Waals surface area contributed by atoms with E-state index in [0.717, 1.165) is 26.1 Å². The van der Waals surface area contributed by atoms with E-state index in [1.54, 1.807) is 0 Å². The van der Waals surface area contributed by atoms with Crippen LogP contribution in [0.25, 0.3) is 0 Å². The van der Waals surface area contributed by atoms with Crippen molar-refractivity contribution in [2.45, 2.75) is 31.6 Å². The van der Waals surface area contributed by atoms with Crippen molar-refractivity contribution in [3.63, 3.8) is 0 Å². The van der Waals surface area contributed by atoms with E-state index in [9.17, 15) is 0 Å².